The van der Waals surface area contributed by atoms with Gasteiger partial charge in [-0.2, -0.15) is 0 Å². The fourth-order valence-electron chi connectivity index (χ4n) is 2.01. The average molecular weight is 346 g/mol. The predicted molar refractivity (Wildman–Crippen MR) is 87.8 cm³/mol. The topological polar surface area (TPSA) is 80.3 Å². The molecule has 0 heterocycles. The van der Waals surface area contributed by atoms with Gasteiger partial charge in [-0.3, -0.25) is 0 Å². The Morgan fingerprint density at radius 3 is 2.13 bits per heavy atom. The zero-order valence-corrected chi connectivity index (χ0v) is 15.6. The van der Waals surface area contributed by atoms with Crippen molar-refractivity contribution in [1.29, 1.82) is 0 Å². The van der Waals surface area contributed by atoms with Gasteiger partial charge in [0.2, 0.25) is 0 Å². The number of rotatable bonds is 12. The van der Waals surface area contributed by atoms with Crippen molar-refractivity contribution in [3.8, 4) is 0 Å². The third-order valence-corrected chi connectivity index (χ3v) is 6.22. The van der Waals surface area contributed by atoms with Crippen LogP contribution in [0.3, 0.4) is 0 Å². The molecule has 23 heavy (non-hydrogen) atoms. The summed E-state index contributed by atoms with van der Waals surface area (Å²) in [5.41, 5.74) is -1.01. The first kappa shape index (κ1) is 21.5. The number of carbonyl (C=O) groups excluding carboxylic acids is 2. The standard InChI is InChI=1S/C15H26O7Si/c1-7-13(16)21-9-12(18-4)15(19-5,20-6)23-10-11(3)22-14(17)8-2/h7-8,11-12H,1-2,9-10,23H2,3-6H3. The fraction of sp³-hybridized carbons (Fsp3) is 0.600. The van der Waals surface area contributed by atoms with Crippen molar-refractivity contribution < 1.29 is 33.3 Å². The van der Waals surface area contributed by atoms with Gasteiger partial charge in [-0.15, -0.1) is 0 Å². The Bertz CT molecular complexity index is 407. The Labute approximate surface area is 139 Å². The molecule has 8 heteroatoms. The molecule has 7 nitrogen and oxygen atoms in total. The van der Waals surface area contributed by atoms with Gasteiger partial charge < -0.3 is 23.7 Å². The van der Waals surface area contributed by atoms with Crippen LogP contribution in [0.4, 0.5) is 0 Å². The Morgan fingerprint density at radius 1 is 1.13 bits per heavy atom. The molecule has 0 amide bonds. The normalized spacial score (nSPS) is 14.3. The van der Waals surface area contributed by atoms with Crippen molar-refractivity contribution in [1.82, 2.24) is 0 Å². The molecule has 0 saturated carbocycles. The maximum absolute atomic E-state index is 11.2. The molecule has 0 bridgehead atoms. The highest BCUT2D eigenvalue weighted by atomic mass is 28.2. The summed E-state index contributed by atoms with van der Waals surface area (Å²) in [5, 5.41) is 0. The number of methoxy groups -OCH3 is 3. The van der Waals surface area contributed by atoms with Gasteiger partial charge in [0, 0.05) is 33.5 Å². The van der Waals surface area contributed by atoms with Crippen molar-refractivity contribution in [2.45, 2.75) is 30.6 Å². The van der Waals surface area contributed by atoms with Crippen molar-refractivity contribution >= 4 is 21.5 Å². The van der Waals surface area contributed by atoms with E-state index in [1.807, 2.05) is 0 Å². The van der Waals surface area contributed by atoms with Gasteiger partial charge in [0.1, 0.15) is 22.2 Å². The van der Waals surface area contributed by atoms with Crippen LogP contribution >= 0.6 is 0 Å². The van der Waals surface area contributed by atoms with Crippen LogP contribution in [0.2, 0.25) is 6.04 Å². The third-order valence-electron chi connectivity index (χ3n) is 3.39. The van der Waals surface area contributed by atoms with Crippen molar-refractivity contribution in [3.63, 3.8) is 0 Å². The minimum Gasteiger partial charge on any atom is -0.460 e. The summed E-state index contributed by atoms with van der Waals surface area (Å²) in [6.07, 6.45) is 1.29. The Balaban J connectivity index is 4.85. The minimum absolute atomic E-state index is 0.0309. The monoisotopic (exact) mass is 346 g/mol. The molecular weight excluding hydrogens is 320 g/mol. The molecule has 0 radical (unpaired) electrons. The highest BCUT2D eigenvalue weighted by molar-refractivity contribution is 6.39. The number of hydrogen-bond acceptors (Lipinski definition) is 7. The number of hydrogen-bond donors (Lipinski definition) is 0. The molecule has 0 saturated heterocycles. The fourth-order valence-corrected chi connectivity index (χ4v) is 3.95. The number of esters is 2. The van der Waals surface area contributed by atoms with Gasteiger partial charge in [-0.05, 0) is 13.0 Å². The first-order valence-corrected chi connectivity index (χ1v) is 8.85. The first-order valence-electron chi connectivity index (χ1n) is 7.14. The van der Waals surface area contributed by atoms with Crippen LogP contribution in [0.1, 0.15) is 6.92 Å². The zero-order valence-electron chi connectivity index (χ0n) is 14.2. The molecule has 2 atom stereocenters. The van der Waals surface area contributed by atoms with Gasteiger partial charge in [0.25, 0.3) is 0 Å². The molecule has 0 N–H and O–H groups in total. The highest BCUT2D eigenvalue weighted by Crippen LogP contribution is 2.21. The van der Waals surface area contributed by atoms with Crippen LogP contribution in [-0.4, -0.2) is 67.0 Å². The lowest BCUT2D eigenvalue weighted by Crippen LogP contribution is -2.54. The van der Waals surface area contributed by atoms with E-state index in [9.17, 15) is 9.59 Å². The predicted octanol–water partition coefficient (Wildman–Crippen LogP) is 0.382. The first-order chi connectivity index (χ1) is 10.9. The average Bonchev–Trinajstić information content (AvgIpc) is 2.57. The van der Waals surface area contributed by atoms with Gasteiger partial charge in [0.15, 0.2) is 5.41 Å². The van der Waals surface area contributed by atoms with Crippen LogP contribution in [0.15, 0.2) is 25.3 Å². The largest absolute Gasteiger partial charge is 0.460 e. The molecule has 0 spiro atoms. The van der Waals surface area contributed by atoms with Crippen LogP contribution in [0, 0.1) is 0 Å². The van der Waals surface area contributed by atoms with Gasteiger partial charge in [-0.1, -0.05) is 13.2 Å². The SMILES string of the molecule is C=CC(=O)OCC(OC)C(OC)(OC)[SiH2]CC(C)OC(=O)C=C. The summed E-state index contributed by atoms with van der Waals surface area (Å²) >= 11 is 0. The summed E-state index contributed by atoms with van der Waals surface area (Å²) in [6.45, 7) is 8.44. The lowest BCUT2D eigenvalue weighted by Gasteiger charge is -2.37. The Hall–Kier alpha value is -1.48. The maximum atomic E-state index is 11.2. The maximum Gasteiger partial charge on any atom is 0.330 e. The second-order valence-electron chi connectivity index (χ2n) is 4.77. The van der Waals surface area contributed by atoms with E-state index in [1.165, 1.54) is 21.3 Å². The number of ether oxygens (including phenoxy) is 5. The van der Waals surface area contributed by atoms with Gasteiger partial charge in [0.05, 0.1) is 6.10 Å². The summed E-state index contributed by atoms with van der Waals surface area (Å²) in [5.74, 6) is -1.03. The van der Waals surface area contributed by atoms with Gasteiger partial charge >= 0.3 is 11.9 Å². The van der Waals surface area contributed by atoms with Crippen molar-refractivity contribution in [2.24, 2.45) is 0 Å². The van der Waals surface area contributed by atoms with Crippen LogP contribution in [0.5, 0.6) is 0 Å². The lowest BCUT2D eigenvalue weighted by atomic mass is 10.3. The van der Waals surface area contributed by atoms with Crippen molar-refractivity contribution in [2.75, 3.05) is 27.9 Å². The molecule has 132 valence electrons. The second kappa shape index (κ2) is 11.1. The minimum atomic E-state index is -1.09. The van der Waals surface area contributed by atoms with Crippen LogP contribution in [-0.2, 0) is 33.3 Å². The number of carbonyl (C=O) groups is 2. The zero-order chi connectivity index (χ0) is 17.9. The van der Waals surface area contributed by atoms with E-state index in [2.05, 4.69) is 13.2 Å². The third kappa shape index (κ3) is 7.08. The van der Waals surface area contributed by atoms with E-state index in [1.54, 1.807) is 6.92 Å². The van der Waals surface area contributed by atoms with Crippen LogP contribution < -0.4 is 0 Å². The second-order valence-corrected chi connectivity index (χ2v) is 6.83. The molecule has 2 unspecified atom stereocenters. The lowest BCUT2D eigenvalue weighted by molar-refractivity contribution is -0.221. The van der Waals surface area contributed by atoms with E-state index in [0.717, 1.165) is 12.2 Å². The van der Waals surface area contributed by atoms with Crippen molar-refractivity contribution in [3.05, 3.63) is 25.3 Å². The molecule has 0 aliphatic carbocycles. The van der Waals surface area contributed by atoms with E-state index in [-0.39, 0.29) is 12.7 Å². The smallest absolute Gasteiger partial charge is 0.330 e. The molecule has 0 aromatic carbocycles. The van der Waals surface area contributed by atoms with E-state index in [0.29, 0.717) is 6.04 Å². The Morgan fingerprint density at radius 2 is 1.70 bits per heavy atom. The summed E-state index contributed by atoms with van der Waals surface area (Å²) < 4.78 is 26.6. The highest BCUT2D eigenvalue weighted by Gasteiger charge is 2.41. The van der Waals surface area contributed by atoms with E-state index < -0.39 is 33.0 Å². The summed E-state index contributed by atoms with van der Waals surface area (Å²) in [6, 6.07) is 0.594. The summed E-state index contributed by atoms with van der Waals surface area (Å²) in [7, 11) is 3.39. The quantitative estimate of drug-likeness (QED) is 0.219. The molecular formula is C15H26O7Si. The molecule has 0 fully saturated rings. The van der Waals surface area contributed by atoms with Gasteiger partial charge in [-0.25, -0.2) is 9.59 Å². The molecule has 0 aliphatic rings. The molecule has 0 aliphatic heterocycles. The molecule has 0 aromatic rings. The Kier molecular flexibility index (Phi) is 10.4. The molecule has 0 aromatic heterocycles. The summed E-state index contributed by atoms with van der Waals surface area (Å²) in [4.78, 5) is 22.4. The van der Waals surface area contributed by atoms with Crippen LogP contribution in [0.25, 0.3) is 0 Å². The van der Waals surface area contributed by atoms with E-state index >= 15 is 0 Å². The molecule has 0 rings (SSSR count). The van der Waals surface area contributed by atoms with E-state index in [4.69, 9.17) is 23.7 Å².